The van der Waals surface area contributed by atoms with Gasteiger partial charge in [0.25, 0.3) is 0 Å². The van der Waals surface area contributed by atoms with E-state index >= 15 is 0 Å². The Balaban J connectivity index is 2.56. The van der Waals surface area contributed by atoms with Gasteiger partial charge in [-0.15, -0.1) is 0 Å². The van der Waals surface area contributed by atoms with Crippen LogP contribution in [0, 0.1) is 0 Å². The van der Waals surface area contributed by atoms with Crippen LogP contribution in [0.2, 0.25) is 0 Å². The molecule has 0 unspecified atom stereocenters. The molecule has 1 heterocycles. The number of carbonyl (C=O) groups is 1. The van der Waals surface area contributed by atoms with Crippen molar-refractivity contribution >= 4 is 6.03 Å². The summed E-state index contributed by atoms with van der Waals surface area (Å²) in [5, 5.41) is 2.33. The lowest BCUT2D eigenvalue weighted by Gasteiger charge is -2.20. The van der Waals surface area contributed by atoms with Crippen molar-refractivity contribution < 1.29 is 18.0 Å². The molecule has 70 valence electrons. The van der Waals surface area contributed by atoms with Crippen LogP contribution in [0.3, 0.4) is 0 Å². The van der Waals surface area contributed by atoms with E-state index in [2.05, 4.69) is 5.32 Å². The number of rotatable bonds is 1. The summed E-state index contributed by atoms with van der Waals surface area (Å²) in [5.74, 6) is 0. The van der Waals surface area contributed by atoms with Gasteiger partial charge in [-0.1, -0.05) is 0 Å². The van der Waals surface area contributed by atoms with Crippen LogP contribution >= 0.6 is 0 Å². The zero-order valence-electron chi connectivity index (χ0n) is 6.48. The highest BCUT2D eigenvalue weighted by Gasteiger charge is 2.37. The van der Waals surface area contributed by atoms with E-state index in [9.17, 15) is 18.0 Å². The van der Waals surface area contributed by atoms with Gasteiger partial charge >= 0.3 is 12.2 Å². The Bertz CT molecular complexity index is 192. The number of hydrogen-bond donors (Lipinski definition) is 1. The van der Waals surface area contributed by atoms with Gasteiger partial charge in [0.1, 0.15) is 6.54 Å². The normalized spacial score (nSPS) is 24.5. The van der Waals surface area contributed by atoms with Crippen LogP contribution in [0.15, 0.2) is 0 Å². The summed E-state index contributed by atoms with van der Waals surface area (Å²) in [6.45, 7) is 0.693. The first kappa shape index (κ1) is 9.15. The molecule has 1 fully saturated rings. The maximum absolute atomic E-state index is 11.8. The first-order valence-electron chi connectivity index (χ1n) is 3.51. The van der Waals surface area contributed by atoms with Gasteiger partial charge in [-0.3, -0.25) is 0 Å². The fraction of sp³-hybridized carbons (Fsp3) is 0.833. The molecule has 0 aromatic heterocycles. The molecule has 0 aromatic carbocycles. The first-order valence-corrected chi connectivity index (χ1v) is 3.51. The minimum Gasteiger partial charge on any atom is -0.336 e. The van der Waals surface area contributed by atoms with Crippen molar-refractivity contribution in [1.82, 2.24) is 10.2 Å². The van der Waals surface area contributed by atoms with Gasteiger partial charge in [0.05, 0.1) is 0 Å². The Hall–Kier alpha value is -0.940. The van der Waals surface area contributed by atoms with Gasteiger partial charge < -0.3 is 10.2 Å². The molecule has 1 rings (SSSR count). The largest absolute Gasteiger partial charge is 0.406 e. The van der Waals surface area contributed by atoms with Crippen LogP contribution in [0.25, 0.3) is 0 Å². The average Bonchev–Trinajstić information content (AvgIpc) is 2.16. The molecule has 0 saturated carbocycles. The molecule has 0 aliphatic carbocycles. The SMILES string of the molecule is C[C@H]1CNC(=O)N1CC(F)(F)F. The Morgan fingerprint density at radius 2 is 2.25 bits per heavy atom. The molecule has 2 amide bonds. The summed E-state index contributed by atoms with van der Waals surface area (Å²) in [6.07, 6.45) is -4.31. The highest BCUT2D eigenvalue weighted by atomic mass is 19.4. The fourth-order valence-corrected chi connectivity index (χ4v) is 1.07. The average molecular weight is 182 g/mol. The third-order valence-electron chi connectivity index (χ3n) is 1.69. The number of amides is 2. The van der Waals surface area contributed by atoms with E-state index in [0.717, 1.165) is 4.90 Å². The van der Waals surface area contributed by atoms with Crippen molar-refractivity contribution in [2.45, 2.75) is 19.1 Å². The van der Waals surface area contributed by atoms with E-state index in [4.69, 9.17) is 0 Å². The van der Waals surface area contributed by atoms with Gasteiger partial charge in [0.15, 0.2) is 0 Å². The van der Waals surface area contributed by atoms with Crippen LogP contribution in [0.1, 0.15) is 6.92 Å². The molecular formula is C6H9F3N2O. The second kappa shape index (κ2) is 2.84. The summed E-state index contributed by atoms with van der Waals surface area (Å²) in [4.78, 5) is 11.6. The molecule has 1 saturated heterocycles. The number of nitrogens with zero attached hydrogens (tertiary/aromatic N) is 1. The van der Waals surface area contributed by atoms with Crippen LogP contribution in [-0.2, 0) is 0 Å². The summed E-state index contributed by atoms with van der Waals surface area (Å²) < 4.78 is 35.5. The standard InChI is InChI=1S/C6H9F3N2O/c1-4-2-10-5(12)11(4)3-6(7,8)9/h4H,2-3H2,1H3,(H,10,12)/t4-/m0/s1. The number of hydrogen-bond acceptors (Lipinski definition) is 1. The van der Waals surface area contributed by atoms with Crippen LogP contribution in [0.5, 0.6) is 0 Å². The maximum Gasteiger partial charge on any atom is 0.406 e. The fourth-order valence-electron chi connectivity index (χ4n) is 1.07. The molecule has 0 bridgehead atoms. The Morgan fingerprint density at radius 3 is 2.58 bits per heavy atom. The zero-order valence-corrected chi connectivity index (χ0v) is 6.48. The van der Waals surface area contributed by atoms with Crippen LogP contribution in [0.4, 0.5) is 18.0 Å². The van der Waals surface area contributed by atoms with Crippen molar-refractivity contribution in [2.75, 3.05) is 13.1 Å². The number of carbonyl (C=O) groups excluding carboxylic acids is 1. The van der Waals surface area contributed by atoms with Crippen molar-refractivity contribution in [3.8, 4) is 0 Å². The minimum atomic E-state index is -4.31. The summed E-state index contributed by atoms with van der Waals surface area (Å²) >= 11 is 0. The summed E-state index contributed by atoms with van der Waals surface area (Å²) in [7, 11) is 0. The van der Waals surface area contributed by atoms with Crippen molar-refractivity contribution in [2.24, 2.45) is 0 Å². The lowest BCUT2D eigenvalue weighted by Crippen LogP contribution is -2.40. The maximum atomic E-state index is 11.8. The van der Waals surface area contributed by atoms with Crippen molar-refractivity contribution in [3.05, 3.63) is 0 Å². The highest BCUT2D eigenvalue weighted by molar-refractivity contribution is 5.76. The van der Waals surface area contributed by atoms with E-state index in [1.165, 1.54) is 0 Å². The van der Waals surface area contributed by atoms with E-state index in [-0.39, 0.29) is 12.6 Å². The minimum absolute atomic E-state index is 0.287. The predicted octanol–water partition coefficient (Wildman–Crippen LogP) is 0.962. The molecule has 6 heteroatoms. The molecule has 0 radical (unpaired) electrons. The third-order valence-corrected chi connectivity index (χ3v) is 1.69. The second-order valence-corrected chi connectivity index (χ2v) is 2.78. The smallest absolute Gasteiger partial charge is 0.336 e. The number of urea groups is 1. The molecule has 1 aliphatic heterocycles. The molecule has 1 atom stereocenters. The highest BCUT2D eigenvalue weighted by Crippen LogP contribution is 2.19. The topological polar surface area (TPSA) is 32.3 Å². The monoisotopic (exact) mass is 182 g/mol. The van der Waals surface area contributed by atoms with Gasteiger partial charge in [-0.2, -0.15) is 13.2 Å². The molecular weight excluding hydrogens is 173 g/mol. The lowest BCUT2D eigenvalue weighted by atomic mass is 10.3. The Kier molecular flexibility index (Phi) is 2.16. The molecule has 12 heavy (non-hydrogen) atoms. The summed E-state index contributed by atoms with van der Waals surface area (Å²) in [5.41, 5.74) is 0. The number of alkyl halides is 3. The molecule has 1 aliphatic rings. The van der Waals surface area contributed by atoms with Gasteiger partial charge in [-0.05, 0) is 6.92 Å². The second-order valence-electron chi connectivity index (χ2n) is 2.78. The third kappa shape index (κ3) is 2.02. The van der Waals surface area contributed by atoms with E-state index in [1.807, 2.05) is 0 Å². The number of halogens is 3. The molecule has 1 N–H and O–H groups in total. The molecule has 0 spiro atoms. The number of nitrogens with one attached hydrogen (secondary N) is 1. The lowest BCUT2D eigenvalue weighted by molar-refractivity contribution is -0.141. The first-order chi connectivity index (χ1) is 5.40. The van der Waals surface area contributed by atoms with Crippen molar-refractivity contribution in [1.29, 1.82) is 0 Å². The van der Waals surface area contributed by atoms with E-state index in [0.29, 0.717) is 0 Å². The van der Waals surface area contributed by atoms with E-state index < -0.39 is 18.8 Å². The van der Waals surface area contributed by atoms with Gasteiger partial charge in [-0.25, -0.2) is 4.79 Å². The van der Waals surface area contributed by atoms with Crippen molar-refractivity contribution in [3.63, 3.8) is 0 Å². The van der Waals surface area contributed by atoms with Crippen LogP contribution in [-0.4, -0.2) is 36.2 Å². The Labute approximate surface area is 67.5 Å². The summed E-state index contributed by atoms with van der Waals surface area (Å²) in [6, 6.07) is -1.01. The van der Waals surface area contributed by atoms with Gasteiger partial charge in [0.2, 0.25) is 0 Å². The zero-order chi connectivity index (χ0) is 9.35. The molecule has 3 nitrogen and oxygen atoms in total. The van der Waals surface area contributed by atoms with E-state index in [1.54, 1.807) is 6.92 Å². The molecule has 0 aromatic rings. The Morgan fingerprint density at radius 1 is 1.67 bits per heavy atom. The predicted molar refractivity (Wildman–Crippen MR) is 35.6 cm³/mol. The van der Waals surface area contributed by atoms with Crippen LogP contribution < -0.4 is 5.32 Å². The quantitative estimate of drug-likeness (QED) is 0.643. The van der Waals surface area contributed by atoms with Gasteiger partial charge in [0, 0.05) is 12.6 Å².